The summed E-state index contributed by atoms with van der Waals surface area (Å²) in [6.07, 6.45) is 0. The molecule has 0 fully saturated rings. The fourth-order valence-electron chi connectivity index (χ4n) is 2.16. The maximum atomic E-state index is 5.39. The minimum atomic E-state index is 0.123. The quantitative estimate of drug-likeness (QED) is 0.822. The standard InChI is InChI=1S/C18H22N2OS/c1-12-5-8-16(11-13(12)2)20-18(22)19-14(3)15-6-9-17(21-4)10-7-15/h5-11,14H,1-4H3,(H2,19,20,22)/t14-/m0/s1. The van der Waals surface area contributed by atoms with Crippen LogP contribution in [0.15, 0.2) is 42.5 Å². The normalized spacial score (nSPS) is 11.6. The van der Waals surface area contributed by atoms with Crippen LogP contribution in [0.2, 0.25) is 0 Å². The summed E-state index contributed by atoms with van der Waals surface area (Å²) in [6, 6.07) is 14.3. The van der Waals surface area contributed by atoms with Gasteiger partial charge < -0.3 is 15.4 Å². The Bertz CT molecular complexity index is 653. The van der Waals surface area contributed by atoms with Gasteiger partial charge in [0.2, 0.25) is 0 Å². The molecule has 2 aromatic carbocycles. The van der Waals surface area contributed by atoms with Crippen LogP contribution in [0.1, 0.15) is 29.7 Å². The second kappa shape index (κ2) is 7.27. The van der Waals surface area contributed by atoms with Gasteiger partial charge in [-0.1, -0.05) is 18.2 Å². The summed E-state index contributed by atoms with van der Waals surface area (Å²) < 4.78 is 5.17. The van der Waals surface area contributed by atoms with Crippen LogP contribution in [0.25, 0.3) is 0 Å². The minimum Gasteiger partial charge on any atom is -0.497 e. The monoisotopic (exact) mass is 314 g/mol. The summed E-state index contributed by atoms with van der Waals surface area (Å²) in [5.74, 6) is 0.854. The van der Waals surface area contributed by atoms with Crippen molar-refractivity contribution < 1.29 is 4.74 Å². The molecule has 0 saturated heterocycles. The largest absolute Gasteiger partial charge is 0.497 e. The van der Waals surface area contributed by atoms with Gasteiger partial charge in [0.25, 0.3) is 0 Å². The van der Waals surface area contributed by atoms with Crippen molar-refractivity contribution in [3.63, 3.8) is 0 Å². The van der Waals surface area contributed by atoms with Crippen molar-refractivity contribution in [1.29, 1.82) is 0 Å². The molecule has 0 unspecified atom stereocenters. The summed E-state index contributed by atoms with van der Waals surface area (Å²) >= 11 is 5.39. The maximum absolute atomic E-state index is 5.39. The van der Waals surface area contributed by atoms with E-state index in [0.717, 1.165) is 17.0 Å². The molecule has 1 atom stereocenters. The van der Waals surface area contributed by atoms with E-state index >= 15 is 0 Å². The van der Waals surface area contributed by atoms with Gasteiger partial charge in [-0.15, -0.1) is 0 Å². The van der Waals surface area contributed by atoms with Crippen LogP contribution in [-0.2, 0) is 0 Å². The Balaban J connectivity index is 1.96. The van der Waals surface area contributed by atoms with Gasteiger partial charge in [-0.05, 0) is 73.9 Å². The predicted molar refractivity (Wildman–Crippen MR) is 96.7 cm³/mol. The highest BCUT2D eigenvalue weighted by Crippen LogP contribution is 2.18. The van der Waals surface area contributed by atoms with Gasteiger partial charge in [0.15, 0.2) is 5.11 Å². The number of ether oxygens (including phenoxy) is 1. The molecule has 2 aromatic rings. The van der Waals surface area contributed by atoms with Gasteiger partial charge in [-0.2, -0.15) is 0 Å². The fraction of sp³-hybridized carbons (Fsp3) is 0.278. The summed E-state index contributed by atoms with van der Waals surface area (Å²) in [7, 11) is 1.67. The first-order valence-corrected chi connectivity index (χ1v) is 7.69. The summed E-state index contributed by atoms with van der Waals surface area (Å²) in [6.45, 7) is 6.27. The molecule has 0 spiro atoms. The number of hydrogen-bond donors (Lipinski definition) is 2. The van der Waals surface area contributed by atoms with Crippen LogP contribution < -0.4 is 15.4 Å². The number of aryl methyl sites for hydroxylation is 2. The van der Waals surface area contributed by atoms with Gasteiger partial charge >= 0.3 is 0 Å². The second-order valence-electron chi connectivity index (χ2n) is 5.39. The van der Waals surface area contributed by atoms with Gasteiger partial charge in [-0.3, -0.25) is 0 Å². The summed E-state index contributed by atoms with van der Waals surface area (Å²) in [5, 5.41) is 7.14. The van der Waals surface area contributed by atoms with Crippen molar-refractivity contribution in [2.45, 2.75) is 26.8 Å². The Morgan fingerprint density at radius 3 is 2.32 bits per heavy atom. The van der Waals surface area contributed by atoms with E-state index in [1.165, 1.54) is 11.1 Å². The van der Waals surface area contributed by atoms with E-state index in [1.807, 2.05) is 30.3 Å². The zero-order chi connectivity index (χ0) is 16.1. The molecule has 0 aromatic heterocycles. The summed E-state index contributed by atoms with van der Waals surface area (Å²) in [4.78, 5) is 0. The SMILES string of the molecule is COc1ccc([C@H](C)NC(=S)Nc2ccc(C)c(C)c2)cc1. The van der Waals surface area contributed by atoms with E-state index in [4.69, 9.17) is 17.0 Å². The average molecular weight is 314 g/mol. The lowest BCUT2D eigenvalue weighted by atomic mass is 10.1. The smallest absolute Gasteiger partial charge is 0.171 e. The van der Waals surface area contributed by atoms with Gasteiger partial charge in [0, 0.05) is 5.69 Å². The first-order valence-electron chi connectivity index (χ1n) is 7.28. The fourth-order valence-corrected chi connectivity index (χ4v) is 2.45. The summed E-state index contributed by atoms with van der Waals surface area (Å²) in [5.41, 5.74) is 4.68. The number of rotatable bonds is 4. The maximum Gasteiger partial charge on any atom is 0.171 e. The molecule has 0 radical (unpaired) electrons. The second-order valence-corrected chi connectivity index (χ2v) is 5.80. The number of thiocarbonyl (C=S) groups is 1. The van der Waals surface area contributed by atoms with Crippen LogP contribution in [-0.4, -0.2) is 12.2 Å². The number of anilines is 1. The van der Waals surface area contributed by atoms with Crippen molar-refractivity contribution in [2.75, 3.05) is 12.4 Å². The predicted octanol–water partition coefficient (Wildman–Crippen LogP) is 4.36. The molecule has 2 N–H and O–H groups in total. The highest BCUT2D eigenvalue weighted by molar-refractivity contribution is 7.80. The molecule has 3 nitrogen and oxygen atoms in total. The van der Waals surface area contributed by atoms with Crippen molar-refractivity contribution in [3.05, 3.63) is 59.2 Å². The number of hydrogen-bond acceptors (Lipinski definition) is 2. The number of benzene rings is 2. The third-order valence-electron chi connectivity index (χ3n) is 3.73. The Labute approximate surface area is 137 Å². The molecule has 0 amide bonds. The van der Waals surface area contributed by atoms with Crippen molar-refractivity contribution in [1.82, 2.24) is 5.32 Å². The Hall–Kier alpha value is -2.07. The Morgan fingerprint density at radius 1 is 1.05 bits per heavy atom. The molecule has 2 rings (SSSR count). The van der Waals surface area contributed by atoms with Crippen LogP contribution in [0.3, 0.4) is 0 Å². The minimum absolute atomic E-state index is 0.123. The lowest BCUT2D eigenvalue weighted by Gasteiger charge is -2.18. The van der Waals surface area contributed by atoms with E-state index in [9.17, 15) is 0 Å². The van der Waals surface area contributed by atoms with Gasteiger partial charge in [0.1, 0.15) is 5.75 Å². The topological polar surface area (TPSA) is 33.3 Å². The molecule has 0 aliphatic heterocycles. The molecule has 4 heteroatoms. The van der Waals surface area contributed by atoms with Crippen LogP contribution in [0.4, 0.5) is 5.69 Å². The molecular weight excluding hydrogens is 292 g/mol. The van der Waals surface area contributed by atoms with Crippen molar-refractivity contribution >= 4 is 23.0 Å². The van der Waals surface area contributed by atoms with E-state index in [0.29, 0.717) is 5.11 Å². The first-order chi connectivity index (χ1) is 10.5. The van der Waals surface area contributed by atoms with Crippen LogP contribution in [0, 0.1) is 13.8 Å². The van der Waals surface area contributed by atoms with Crippen molar-refractivity contribution in [2.24, 2.45) is 0 Å². The molecule has 0 aliphatic carbocycles. The lowest BCUT2D eigenvalue weighted by Crippen LogP contribution is -2.30. The zero-order valence-corrected chi connectivity index (χ0v) is 14.3. The Morgan fingerprint density at radius 2 is 1.73 bits per heavy atom. The molecule has 0 aliphatic rings. The zero-order valence-electron chi connectivity index (χ0n) is 13.4. The van der Waals surface area contributed by atoms with Crippen LogP contribution in [0.5, 0.6) is 5.75 Å². The number of nitrogens with one attached hydrogen (secondary N) is 2. The first kappa shape index (κ1) is 16.3. The molecule has 116 valence electrons. The average Bonchev–Trinajstić information content (AvgIpc) is 2.51. The lowest BCUT2D eigenvalue weighted by molar-refractivity contribution is 0.414. The van der Waals surface area contributed by atoms with Crippen molar-refractivity contribution in [3.8, 4) is 5.75 Å². The molecule has 0 saturated carbocycles. The Kier molecular flexibility index (Phi) is 5.39. The highest BCUT2D eigenvalue weighted by atomic mass is 32.1. The third-order valence-corrected chi connectivity index (χ3v) is 3.95. The van der Waals surface area contributed by atoms with E-state index in [1.54, 1.807) is 7.11 Å². The van der Waals surface area contributed by atoms with Gasteiger partial charge in [0.05, 0.1) is 13.2 Å². The van der Waals surface area contributed by atoms with Crippen LogP contribution >= 0.6 is 12.2 Å². The number of methoxy groups -OCH3 is 1. The highest BCUT2D eigenvalue weighted by Gasteiger charge is 2.07. The van der Waals surface area contributed by atoms with E-state index in [-0.39, 0.29) is 6.04 Å². The molecule has 22 heavy (non-hydrogen) atoms. The van der Waals surface area contributed by atoms with E-state index in [2.05, 4.69) is 43.5 Å². The molecule has 0 heterocycles. The van der Waals surface area contributed by atoms with E-state index < -0.39 is 0 Å². The molecule has 0 bridgehead atoms. The molecular formula is C18H22N2OS. The van der Waals surface area contributed by atoms with Gasteiger partial charge in [-0.25, -0.2) is 0 Å². The third kappa shape index (κ3) is 4.21.